The van der Waals surface area contributed by atoms with Crippen molar-refractivity contribution in [2.75, 3.05) is 33.2 Å². The summed E-state index contributed by atoms with van der Waals surface area (Å²) in [7, 11) is 1.70. The molecule has 7 heteroatoms. The van der Waals surface area contributed by atoms with Crippen LogP contribution in [-0.4, -0.2) is 70.8 Å². The lowest BCUT2D eigenvalue weighted by Gasteiger charge is -2.45. The van der Waals surface area contributed by atoms with Gasteiger partial charge in [-0.15, -0.1) is 11.3 Å². The summed E-state index contributed by atoms with van der Waals surface area (Å²) in [4.78, 5) is 34.7. The van der Waals surface area contributed by atoms with Crippen LogP contribution in [0.4, 0.5) is 0 Å². The Kier molecular flexibility index (Phi) is 4.27. The van der Waals surface area contributed by atoms with Crippen LogP contribution in [0.15, 0.2) is 35.7 Å². The smallest absolute Gasteiger partial charge is 0.246 e. The quantitative estimate of drug-likeness (QED) is 0.832. The Morgan fingerprint density at radius 3 is 2.80 bits per heavy atom. The minimum absolute atomic E-state index is 0.0348. The molecule has 1 atom stereocenters. The fourth-order valence-electron chi connectivity index (χ4n) is 3.44. The number of hydrogen-bond donors (Lipinski definition) is 0. The summed E-state index contributed by atoms with van der Waals surface area (Å²) >= 11 is 1.64. The molecule has 2 aromatic rings. The third-order valence-electron chi connectivity index (χ3n) is 4.78. The second-order valence-electron chi connectivity index (χ2n) is 6.54. The van der Waals surface area contributed by atoms with Crippen LogP contribution >= 0.6 is 11.3 Å². The van der Waals surface area contributed by atoms with E-state index in [2.05, 4.69) is 22.4 Å². The molecule has 0 spiro atoms. The van der Waals surface area contributed by atoms with Crippen molar-refractivity contribution in [3.05, 3.63) is 41.4 Å². The van der Waals surface area contributed by atoms with Gasteiger partial charge in [-0.3, -0.25) is 14.5 Å². The Morgan fingerprint density at radius 2 is 2.00 bits per heavy atom. The molecule has 0 radical (unpaired) electrons. The van der Waals surface area contributed by atoms with Crippen molar-refractivity contribution >= 4 is 23.2 Å². The predicted octanol–water partition coefficient (Wildman–Crippen LogP) is 1.29. The fraction of sp³-hybridized carbons (Fsp3) is 0.389. The first kappa shape index (κ1) is 16.2. The van der Waals surface area contributed by atoms with Crippen LogP contribution in [0.5, 0.6) is 0 Å². The number of thiazole rings is 1. The molecule has 0 saturated carbocycles. The molecule has 1 aromatic carbocycles. The van der Waals surface area contributed by atoms with Gasteiger partial charge in [0.15, 0.2) is 0 Å². The van der Waals surface area contributed by atoms with Crippen LogP contribution in [0.25, 0.3) is 10.6 Å². The molecule has 25 heavy (non-hydrogen) atoms. The predicted molar refractivity (Wildman–Crippen MR) is 96.0 cm³/mol. The highest BCUT2D eigenvalue weighted by Gasteiger charge is 2.41. The molecule has 0 bridgehead atoms. The van der Waals surface area contributed by atoms with E-state index in [9.17, 15) is 9.59 Å². The van der Waals surface area contributed by atoms with Gasteiger partial charge in [0.05, 0.1) is 12.2 Å². The SMILES string of the molecule is CN1CC(=O)N2CCN(Cc3csc(-c4ccccc4)n3)C[C@H]2C1=O. The van der Waals surface area contributed by atoms with Crippen LogP contribution in [0.3, 0.4) is 0 Å². The number of benzene rings is 1. The first-order valence-corrected chi connectivity index (χ1v) is 9.26. The molecule has 3 heterocycles. The van der Waals surface area contributed by atoms with Crippen molar-refractivity contribution in [2.45, 2.75) is 12.6 Å². The van der Waals surface area contributed by atoms with Gasteiger partial charge in [0.1, 0.15) is 11.0 Å². The largest absolute Gasteiger partial charge is 0.335 e. The van der Waals surface area contributed by atoms with Crippen molar-refractivity contribution in [3.63, 3.8) is 0 Å². The average Bonchev–Trinajstić information content (AvgIpc) is 3.09. The Balaban J connectivity index is 1.45. The van der Waals surface area contributed by atoms with Crippen LogP contribution in [0.2, 0.25) is 0 Å². The van der Waals surface area contributed by atoms with Gasteiger partial charge in [0, 0.05) is 44.2 Å². The molecule has 0 aliphatic carbocycles. The Labute approximate surface area is 150 Å². The van der Waals surface area contributed by atoms with Crippen LogP contribution in [0, 0.1) is 0 Å². The highest BCUT2D eigenvalue weighted by atomic mass is 32.1. The Morgan fingerprint density at radius 1 is 1.20 bits per heavy atom. The number of aromatic nitrogens is 1. The van der Waals surface area contributed by atoms with Crippen molar-refractivity contribution in [1.82, 2.24) is 19.7 Å². The zero-order chi connectivity index (χ0) is 17.4. The number of likely N-dealkylation sites (N-methyl/N-ethyl adjacent to an activating group) is 1. The van der Waals surface area contributed by atoms with E-state index in [1.54, 1.807) is 23.3 Å². The molecule has 2 saturated heterocycles. The highest BCUT2D eigenvalue weighted by Crippen LogP contribution is 2.25. The lowest BCUT2D eigenvalue weighted by molar-refractivity contribution is -0.158. The van der Waals surface area contributed by atoms with Crippen molar-refractivity contribution in [1.29, 1.82) is 0 Å². The molecule has 2 fully saturated rings. The van der Waals surface area contributed by atoms with E-state index in [1.165, 1.54) is 4.90 Å². The standard InChI is InChI=1S/C18H20N4O2S/c1-20-11-16(23)22-8-7-21(10-15(22)18(20)24)9-14-12-25-17(19-14)13-5-3-2-4-6-13/h2-6,12,15H,7-11H2,1H3/t15-/m0/s1. The number of nitrogens with zero attached hydrogens (tertiary/aromatic N) is 4. The van der Waals surface area contributed by atoms with Crippen LogP contribution < -0.4 is 0 Å². The highest BCUT2D eigenvalue weighted by molar-refractivity contribution is 7.13. The number of rotatable bonds is 3. The summed E-state index contributed by atoms with van der Waals surface area (Å²) in [5.41, 5.74) is 2.14. The monoisotopic (exact) mass is 356 g/mol. The number of amides is 2. The van der Waals surface area contributed by atoms with E-state index in [4.69, 9.17) is 4.98 Å². The van der Waals surface area contributed by atoms with E-state index in [0.717, 1.165) is 22.8 Å². The molecule has 130 valence electrons. The van der Waals surface area contributed by atoms with Gasteiger partial charge in [-0.05, 0) is 0 Å². The molecule has 0 N–H and O–H groups in total. The van der Waals surface area contributed by atoms with Crippen LogP contribution in [-0.2, 0) is 16.1 Å². The fourth-order valence-corrected chi connectivity index (χ4v) is 4.26. The number of carbonyl (C=O) groups excluding carboxylic acids is 2. The van der Waals surface area contributed by atoms with Crippen LogP contribution in [0.1, 0.15) is 5.69 Å². The van der Waals surface area contributed by atoms with Gasteiger partial charge in [0.25, 0.3) is 0 Å². The number of hydrogen-bond acceptors (Lipinski definition) is 5. The minimum atomic E-state index is -0.354. The summed E-state index contributed by atoms with van der Waals surface area (Å²) in [6, 6.07) is 9.78. The lowest BCUT2D eigenvalue weighted by Crippen LogP contribution is -2.65. The summed E-state index contributed by atoms with van der Waals surface area (Å²) in [5, 5.41) is 3.09. The van der Waals surface area contributed by atoms with Gasteiger partial charge in [0.2, 0.25) is 11.8 Å². The topological polar surface area (TPSA) is 56.8 Å². The zero-order valence-corrected chi connectivity index (χ0v) is 14.9. The van der Waals surface area contributed by atoms with Crippen molar-refractivity contribution < 1.29 is 9.59 Å². The van der Waals surface area contributed by atoms with E-state index in [1.807, 2.05) is 18.2 Å². The van der Waals surface area contributed by atoms with E-state index >= 15 is 0 Å². The van der Waals surface area contributed by atoms with Crippen molar-refractivity contribution in [2.24, 2.45) is 0 Å². The number of fused-ring (bicyclic) bond motifs is 1. The molecular formula is C18H20N4O2S. The van der Waals surface area contributed by atoms with E-state index in [0.29, 0.717) is 19.6 Å². The molecule has 1 aromatic heterocycles. The zero-order valence-electron chi connectivity index (χ0n) is 14.1. The molecular weight excluding hydrogens is 336 g/mol. The Bertz CT molecular complexity index is 791. The van der Waals surface area contributed by atoms with Crippen molar-refractivity contribution in [3.8, 4) is 10.6 Å². The molecule has 2 amide bonds. The molecule has 6 nitrogen and oxygen atoms in total. The molecule has 2 aliphatic rings. The summed E-state index contributed by atoms with van der Waals surface area (Å²) < 4.78 is 0. The first-order valence-electron chi connectivity index (χ1n) is 8.38. The summed E-state index contributed by atoms with van der Waals surface area (Å²) in [5.74, 6) is 0.0827. The van der Waals surface area contributed by atoms with Gasteiger partial charge >= 0.3 is 0 Å². The maximum absolute atomic E-state index is 12.4. The van der Waals surface area contributed by atoms with Gasteiger partial charge in [-0.2, -0.15) is 0 Å². The average molecular weight is 356 g/mol. The summed E-state index contributed by atoms with van der Waals surface area (Å²) in [6.45, 7) is 2.87. The second kappa shape index (κ2) is 6.57. The normalized spacial score (nSPS) is 21.6. The molecule has 2 aliphatic heterocycles. The van der Waals surface area contributed by atoms with Gasteiger partial charge in [-0.25, -0.2) is 4.98 Å². The second-order valence-corrected chi connectivity index (χ2v) is 7.40. The molecule has 4 rings (SSSR count). The van der Waals surface area contributed by atoms with Gasteiger partial charge < -0.3 is 9.80 Å². The maximum atomic E-state index is 12.4. The lowest BCUT2D eigenvalue weighted by atomic mass is 10.1. The van der Waals surface area contributed by atoms with Gasteiger partial charge in [-0.1, -0.05) is 30.3 Å². The number of carbonyl (C=O) groups is 2. The Hall–Kier alpha value is -2.25. The first-order chi connectivity index (χ1) is 12.1. The van der Waals surface area contributed by atoms with E-state index < -0.39 is 0 Å². The van der Waals surface area contributed by atoms with E-state index in [-0.39, 0.29) is 24.4 Å². The molecule has 0 unspecified atom stereocenters. The third-order valence-corrected chi connectivity index (χ3v) is 5.72. The maximum Gasteiger partial charge on any atom is 0.246 e. The summed E-state index contributed by atoms with van der Waals surface area (Å²) in [6.07, 6.45) is 0. The number of piperazine rings is 2. The minimum Gasteiger partial charge on any atom is -0.335 e. The third kappa shape index (κ3) is 3.17.